The van der Waals surface area contributed by atoms with Crippen LogP contribution in [0.4, 0.5) is 17.1 Å². The van der Waals surface area contributed by atoms with Crippen molar-refractivity contribution in [1.29, 1.82) is 0 Å². The smallest absolute Gasteiger partial charge is 0.328 e. The molecule has 0 saturated carbocycles. The Morgan fingerprint density at radius 2 is 1.18 bits per heavy atom. The number of carboxylic acid groups (broad SMARTS) is 2. The van der Waals surface area contributed by atoms with E-state index in [0.29, 0.717) is 12.2 Å². The number of aliphatic imine (C=N–C) groups is 1. The first-order valence-corrected chi connectivity index (χ1v) is 16.5. The quantitative estimate of drug-likeness (QED) is 0.0445. The second-order valence-electron chi connectivity index (χ2n) is 11.2. The number of nitrogens with one attached hydrogen (secondary N) is 1. The molecule has 0 aliphatic heterocycles. The SMILES string of the molecule is O=C(O)C=CC(=O)O.c1ccc(N=C(Nc2ccccc2)N(CCCCCCCCOc2cccc3ccccc23)c2ccccc2)cc1. The van der Waals surface area contributed by atoms with Gasteiger partial charge in [0.05, 0.1) is 12.3 Å². The second-order valence-corrected chi connectivity index (χ2v) is 11.2. The first kappa shape index (κ1) is 36.0. The van der Waals surface area contributed by atoms with Crippen LogP contribution in [0.2, 0.25) is 0 Å². The summed E-state index contributed by atoms with van der Waals surface area (Å²) in [6, 6.07) is 45.7. The number of aliphatic carboxylic acids is 2. The number of carboxylic acids is 2. The molecule has 0 aliphatic carbocycles. The monoisotopic (exact) mass is 657 g/mol. The van der Waals surface area contributed by atoms with Crippen LogP contribution in [0.15, 0.2) is 151 Å². The summed E-state index contributed by atoms with van der Waals surface area (Å²) in [5.41, 5.74) is 3.09. The molecule has 0 saturated heterocycles. The Hall–Kier alpha value is -5.89. The molecule has 5 rings (SSSR count). The van der Waals surface area contributed by atoms with E-state index in [4.69, 9.17) is 19.9 Å². The van der Waals surface area contributed by atoms with Gasteiger partial charge in [0.25, 0.3) is 0 Å². The third-order valence-corrected chi connectivity index (χ3v) is 7.50. The maximum atomic E-state index is 9.55. The van der Waals surface area contributed by atoms with Gasteiger partial charge < -0.3 is 25.2 Å². The topological polar surface area (TPSA) is 111 Å². The fraction of sp³-hybridized carbons (Fsp3) is 0.195. The number of anilines is 2. The Morgan fingerprint density at radius 1 is 0.633 bits per heavy atom. The molecule has 0 amide bonds. The Kier molecular flexibility index (Phi) is 14.9. The van der Waals surface area contributed by atoms with Gasteiger partial charge in [0.15, 0.2) is 0 Å². The standard InChI is InChI=1S/C37H39N3O.C4H4O4/c1(2-4-17-30-41-36-28-18-20-31-19-14-15-27-35(31)36)3-16-29-40(34-25-12-7-13-26-34)37(38-32-21-8-5-9-22-32)39-33-23-10-6-11-24-33;5-3(6)1-2-4(7)8/h5-15,18-28H,1-4,16-17,29-30H2,(H,38,39);1-2H,(H,5,6)(H,7,8). The van der Waals surface area contributed by atoms with Crippen molar-refractivity contribution < 1.29 is 24.5 Å². The summed E-state index contributed by atoms with van der Waals surface area (Å²) < 4.78 is 6.12. The maximum absolute atomic E-state index is 9.55. The highest BCUT2D eigenvalue weighted by Crippen LogP contribution is 2.25. The molecule has 0 spiro atoms. The van der Waals surface area contributed by atoms with E-state index in [1.807, 2.05) is 48.5 Å². The van der Waals surface area contributed by atoms with Crippen molar-refractivity contribution in [2.75, 3.05) is 23.4 Å². The number of benzene rings is 5. The van der Waals surface area contributed by atoms with E-state index in [-0.39, 0.29) is 0 Å². The molecular weight excluding hydrogens is 614 g/mol. The summed E-state index contributed by atoms with van der Waals surface area (Å²) in [7, 11) is 0. The predicted octanol–water partition coefficient (Wildman–Crippen LogP) is 9.58. The van der Waals surface area contributed by atoms with Crippen molar-refractivity contribution in [3.05, 3.63) is 146 Å². The van der Waals surface area contributed by atoms with Crippen LogP contribution >= 0.6 is 0 Å². The Balaban J connectivity index is 0.000000603. The number of unbranched alkanes of at least 4 members (excludes halogenated alkanes) is 5. The van der Waals surface area contributed by atoms with Gasteiger partial charge >= 0.3 is 11.9 Å². The number of guanidine groups is 1. The number of fused-ring (bicyclic) bond motifs is 1. The molecule has 8 nitrogen and oxygen atoms in total. The molecule has 0 aliphatic rings. The Bertz CT molecular complexity index is 1760. The van der Waals surface area contributed by atoms with E-state index in [1.54, 1.807) is 0 Å². The van der Waals surface area contributed by atoms with Crippen LogP contribution in [0.1, 0.15) is 38.5 Å². The molecule has 252 valence electrons. The molecule has 0 radical (unpaired) electrons. The second kappa shape index (κ2) is 20.4. The zero-order valence-electron chi connectivity index (χ0n) is 27.5. The van der Waals surface area contributed by atoms with Crippen LogP contribution in [0.25, 0.3) is 10.8 Å². The van der Waals surface area contributed by atoms with Gasteiger partial charge in [-0.3, -0.25) is 0 Å². The number of rotatable bonds is 15. The number of para-hydroxylation sites is 3. The summed E-state index contributed by atoms with van der Waals surface area (Å²) in [6.45, 7) is 1.65. The molecule has 49 heavy (non-hydrogen) atoms. The lowest BCUT2D eigenvalue weighted by molar-refractivity contribution is -0.134. The number of hydrogen-bond acceptors (Lipinski definition) is 4. The highest BCUT2D eigenvalue weighted by molar-refractivity contribution is 6.06. The molecule has 0 aromatic heterocycles. The highest BCUT2D eigenvalue weighted by Gasteiger charge is 2.14. The minimum atomic E-state index is -1.26. The third-order valence-electron chi connectivity index (χ3n) is 7.50. The van der Waals surface area contributed by atoms with E-state index in [1.165, 1.54) is 36.5 Å². The molecule has 5 aromatic rings. The van der Waals surface area contributed by atoms with Gasteiger partial charge in [0.2, 0.25) is 5.96 Å². The fourth-order valence-electron chi connectivity index (χ4n) is 5.12. The van der Waals surface area contributed by atoms with Gasteiger partial charge in [-0.15, -0.1) is 0 Å². The van der Waals surface area contributed by atoms with Crippen LogP contribution in [0.3, 0.4) is 0 Å². The van der Waals surface area contributed by atoms with Crippen LogP contribution in [0, 0.1) is 0 Å². The molecule has 0 heterocycles. The van der Waals surface area contributed by atoms with Gasteiger partial charge in [-0.1, -0.05) is 117 Å². The summed E-state index contributed by atoms with van der Waals surface area (Å²) in [6.07, 6.45) is 8.08. The lowest BCUT2D eigenvalue weighted by atomic mass is 10.1. The Labute approximate surface area is 288 Å². The van der Waals surface area contributed by atoms with Gasteiger partial charge in [-0.25, -0.2) is 14.6 Å². The molecule has 0 fully saturated rings. The minimum Gasteiger partial charge on any atom is -0.493 e. The maximum Gasteiger partial charge on any atom is 0.328 e. The average Bonchev–Trinajstić information content (AvgIpc) is 3.13. The lowest BCUT2D eigenvalue weighted by Crippen LogP contribution is -2.37. The summed E-state index contributed by atoms with van der Waals surface area (Å²) >= 11 is 0. The average molecular weight is 658 g/mol. The van der Waals surface area contributed by atoms with Crippen LogP contribution < -0.4 is 15.0 Å². The molecule has 8 heteroatoms. The Morgan fingerprint density at radius 3 is 1.86 bits per heavy atom. The van der Waals surface area contributed by atoms with Gasteiger partial charge in [0, 0.05) is 35.5 Å². The van der Waals surface area contributed by atoms with Gasteiger partial charge in [-0.05, 0) is 60.7 Å². The fourth-order valence-corrected chi connectivity index (χ4v) is 5.12. The highest BCUT2D eigenvalue weighted by atomic mass is 16.5. The minimum absolute atomic E-state index is 0.558. The van der Waals surface area contributed by atoms with E-state index < -0.39 is 11.9 Å². The van der Waals surface area contributed by atoms with Crippen LogP contribution in [-0.2, 0) is 9.59 Å². The first-order chi connectivity index (χ1) is 24.0. The van der Waals surface area contributed by atoms with E-state index >= 15 is 0 Å². The number of carbonyl (C=O) groups is 2. The van der Waals surface area contributed by atoms with E-state index in [9.17, 15) is 9.59 Å². The summed E-state index contributed by atoms with van der Waals surface area (Å²) in [5.74, 6) is -0.694. The zero-order valence-corrected chi connectivity index (χ0v) is 27.5. The predicted molar refractivity (Wildman–Crippen MR) is 199 cm³/mol. The normalized spacial score (nSPS) is 11.1. The third kappa shape index (κ3) is 13.0. The van der Waals surface area contributed by atoms with Crippen LogP contribution in [-0.4, -0.2) is 41.3 Å². The van der Waals surface area contributed by atoms with Crippen LogP contribution in [0.5, 0.6) is 5.75 Å². The molecule has 0 atom stereocenters. The first-order valence-electron chi connectivity index (χ1n) is 16.5. The molecule has 3 N–H and O–H groups in total. The number of ether oxygens (including phenoxy) is 1. The van der Waals surface area contributed by atoms with Crippen molar-refractivity contribution in [2.45, 2.75) is 38.5 Å². The van der Waals surface area contributed by atoms with Gasteiger partial charge in [-0.2, -0.15) is 0 Å². The molecule has 5 aromatic carbocycles. The summed E-state index contributed by atoms with van der Waals surface area (Å²) in [5, 5.41) is 21.6. The zero-order chi connectivity index (χ0) is 34.5. The van der Waals surface area contributed by atoms with Crippen molar-refractivity contribution >= 4 is 45.7 Å². The van der Waals surface area contributed by atoms with E-state index in [0.717, 1.165) is 54.8 Å². The van der Waals surface area contributed by atoms with Crippen molar-refractivity contribution in [3.8, 4) is 5.75 Å². The van der Waals surface area contributed by atoms with Gasteiger partial charge in [0.1, 0.15) is 5.75 Å². The molecular formula is C41H43N3O5. The molecule has 0 unspecified atom stereocenters. The molecule has 0 bridgehead atoms. The largest absolute Gasteiger partial charge is 0.493 e. The lowest BCUT2D eigenvalue weighted by Gasteiger charge is -2.27. The van der Waals surface area contributed by atoms with Crippen molar-refractivity contribution in [3.63, 3.8) is 0 Å². The number of hydrogen-bond donors (Lipinski definition) is 3. The summed E-state index contributed by atoms with van der Waals surface area (Å²) in [4.78, 5) is 26.5. The van der Waals surface area contributed by atoms with Crippen molar-refractivity contribution in [2.24, 2.45) is 4.99 Å². The van der Waals surface area contributed by atoms with Crippen molar-refractivity contribution in [1.82, 2.24) is 0 Å². The number of nitrogens with zero attached hydrogens (tertiary/aromatic N) is 2. The van der Waals surface area contributed by atoms with E-state index in [2.05, 4.69) is 95.1 Å².